The molecule has 7 nitrogen and oxygen atoms in total. The van der Waals surface area contributed by atoms with Crippen LogP contribution in [0.25, 0.3) is 0 Å². The van der Waals surface area contributed by atoms with Crippen molar-refractivity contribution in [1.29, 1.82) is 0 Å². The molecule has 1 aliphatic carbocycles. The van der Waals surface area contributed by atoms with Gasteiger partial charge in [0.25, 0.3) is 0 Å². The molecule has 1 unspecified atom stereocenters. The SMILES string of the molecule is O=C(C1CC(=O)N(c2cccc(C(F)(F)F)c2)C1)N1CCC(c2nc(C3CC3)n[nH]2)CC1. The van der Waals surface area contributed by atoms with Gasteiger partial charge in [-0.15, -0.1) is 0 Å². The molecule has 1 atom stereocenters. The average molecular weight is 447 g/mol. The number of nitrogens with zero attached hydrogens (tertiary/aromatic N) is 4. The van der Waals surface area contributed by atoms with Crippen LogP contribution in [0.2, 0.25) is 0 Å². The number of amides is 2. The maximum Gasteiger partial charge on any atom is 0.416 e. The number of hydrogen-bond acceptors (Lipinski definition) is 4. The summed E-state index contributed by atoms with van der Waals surface area (Å²) in [7, 11) is 0. The van der Waals surface area contributed by atoms with E-state index in [-0.39, 0.29) is 36.4 Å². The van der Waals surface area contributed by atoms with Crippen LogP contribution in [0.4, 0.5) is 18.9 Å². The van der Waals surface area contributed by atoms with Crippen LogP contribution in [0.15, 0.2) is 24.3 Å². The van der Waals surface area contributed by atoms with E-state index in [0.717, 1.165) is 49.5 Å². The van der Waals surface area contributed by atoms with E-state index in [2.05, 4.69) is 15.2 Å². The minimum absolute atomic E-state index is 0.0157. The number of benzene rings is 1. The molecule has 3 aliphatic rings. The molecule has 2 amide bonds. The number of carbonyl (C=O) groups is 2. The van der Waals surface area contributed by atoms with Crippen molar-refractivity contribution in [2.45, 2.75) is 50.1 Å². The van der Waals surface area contributed by atoms with E-state index >= 15 is 0 Å². The molecule has 2 aliphatic heterocycles. The molecule has 3 fully saturated rings. The fourth-order valence-corrected chi connectivity index (χ4v) is 4.60. The quantitative estimate of drug-likeness (QED) is 0.778. The summed E-state index contributed by atoms with van der Waals surface area (Å²) in [5.41, 5.74) is -0.632. The van der Waals surface area contributed by atoms with Crippen LogP contribution in [0.3, 0.4) is 0 Å². The normalized spacial score (nSPS) is 22.6. The number of carbonyl (C=O) groups excluding carboxylic acids is 2. The third-order valence-corrected chi connectivity index (χ3v) is 6.62. The lowest BCUT2D eigenvalue weighted by atomic mass is 9.95. The number of rotatable bonds is 4. The Labute approximate surface area is 183 Å². The third-order valence-electron chi connectivity index (χ3n) is 6.62. The van der Waals surface area contributed by atoms with Gasteiger partial charge in [-0.2, -0.15) is 18.3 Å². The highest BCUT2D eigenvalue weighted by atomic mass is 19.4. The molecule has 3 heterocycles. The standard InChI is InChI=1S/C22H24F3N5O2/c23-22(24,25)16-2-1-3-17(11-16)30-12-15(10-18(30)31)21(32)29-8-6-14(7-9-29)20-26-19(27-28-20)13-4-5-13/h1-3,11,13-15H,4-10,12H2,(H,26,27,28). The fourth-order valence-electron chi connectivity index (χ4n) is 4.60. The lowest BCUT2D eigenvalue weighted by Crippen LogP contribution is -2.42. The summed E-state index contributed by atoms with van der Waals surface area (Å²) in [6.07, 6.45) is -0.654. The van der Waals surface area contributed by atoms with E-state index in [1.165, 1.54) is 17.0 Å². The molecule has 1 saturated carbocycles. The summed E-state index contributed by atoms with van der Waals surface area (Å²) in [4.78, 5) is 33.2. The van der Waals surface area contributed by atoms with E-state index in [0.29, 0.717) is 19.0 Å². The number of halogens is 3. The Bertz CT molecular complexity index is 1020. The van der Waals surface area contributed by atoms with Crippen molar-refractivity contribution in [2.24, 2.45) is 5.92 Å². The van der Waals surface area contributed by atoms with Gasteiger partial charge in [-0.3, -0.25) is 14.7 Å². The van der Waals surface area contributed by atoms with E-state index in [4.69, 9.17) is 0 Å². The summed E-state index contributed by atoms with van der Waals surface area (Å²) in [5, 5.41) is 7.35. The molecule has 10 heteroatoms. The lowest BCUT2D eigenvalue weighted by Gasteiger charge is -2.32. The molecular weight excluding hydrogens is 423 g/mol. The number of H-pyrrole nitrogens is 1. The number of hydrogen-bond donors (Lipinski definition) is 1. The number of likely N-dealkylation sites (tertiary alicyclic amines) is 1. The average Bonchev–Trinajstić information content (AvgIpc) is 3.38. The van der Waals surface area contributed by atoms with Crippen molar-refractivity contribution >= 4 is 17.5 Å². The van der Waals surface area contributed by atoms with Gasteiger partial charge >= 0.3 is 6.18 Å². The number of anilines is 1. The first kappa shape index (κ1) is 21.0. The first-order chi connectivity index (χ1) is 15.3. The Morgan fingerprint density at radius 2 is 1.84 bits per heavy atom. The molecule has 0 bridgehead atoms. The van der Waals surface area contributed by atoms with Crippen molar-refractivity contribution in [3.8, 4) is 0 Å². The molecule has 5 rings (SSSR count). The van der Waals surface area contributed by atoms with Crippen molar-refractivity contribution in [1.82, 2.24) is 20.1 Å². The molecule has 170 valence electrons. The molecule has 32 heavy (non-hydrogen) atoms. The predicted octanol–water partition coefficient (Wildman–Crippen LogP) is 3.46. The highest BCUT2D eigenvalue weighted by Gasteiger charge is 2.39. The zero-order valence-corrected chi connectivity index (χ0v) is 17.4. The Morgan fingerprint density at radius 1 is 1.09 bits per heavy atom. The van der Waals surface area contributed by atoms with Crippen molar-refractivity contribution in [3.63, 3.8) is 0 Å². The number of aromatic amines is 1. The van der Waals surface area contributed by atoms with Gasteiger partial charge < -0.3 is 9.80 Å². The van der Waals surface area contributed by atoms with E-state index in [9.17, 15) is 22.8 Å². The van der Waals surface area contributed by atoms with Gasteiger partial charge in [0.05, 0.1) is 11.5 Å². The van der Waals surface area contributed by atoms with Gasteiger partial charge in [0.15, 0.2) is 5.82 Å². The third kappa shape index (κ3) is 4.10. The summed E-state index contributed by atoms with van der Waals surface area (Å²) in [6, 6.07) is 4.69. The maximum absolute atomic E-state index is 13.0. The van der Waals surface area contributed by atoms with Gasteiger partial charge in [0, 0.05) is 43.6 Å². The highest BCUT2D eigenvalue weighted by molar-refractivity contribution is 6.00. The van der Waals surface area contributed by atoms with Crippen LogP contribution in [-0.4, -0.2) is 51.5 Å². The highest BCUT2D eigenvalue weighted by Crippen LogP contribution is 2.39. The number of piperidine rings is 1. The zero-order chi connectivity index (χ0) is 22.5. The Kier molecular flexibility index (Phi) is 5.17. The van der Waals surface area contributed by atoms with Gasteiger partial charge in [-0.05, 0) is 43.9 Å². The molecule has 1 aromatic carbocycles. The van der Waals surface area contributed by atoms with E-state index < -0.39 is 17.7 Å². The second kappa shape index (κ2) is 7.90. The van der Waals surface area contributed by atoms with Gasteiger partial charge in [-0.25, -0.2) is 4.98 Å². The Balaban J connectivity index is 1.20. The minimum Gasteiger partial charge on any atom is -0.342 e. The van der Waals surface area contributed by atoms with E-state index in [1.54, 1.807) is 4.90 Å². The maximum atomic E-state index is 13.0. The Morgan fingerprint density at radius 3 is 2.53 bits per heavy atom. The van der Waals surface area contributed by atoms with Gasteiger partial charge in [-0.1, -0.05) is 6.07 Å². The van der Waals surface area contributed by atoms with Gasteiger partial charge in [0.1, 0.15) is 5.82 Å². The first-order valence-corrected chi connectivity index (χ1v) is 11.0. The van der Waals surface area contributed by atoms with Gasteiger partial charge in [0.2, 0.25) is 11.8 Å². The molecular formula is C22H24F3N5O2. The Hall–Kier alpha value is -2.91. The zero-order valence-electron chi connectivity index (χ0n) is 17.4. The largest absolute Gasteiger partial charge is 0.416 e. The molecule has 1 aromatic heterocycles. The summed E-state index contributed by atoms with van der Waals surface area (Å²) < 4.78 is 39.1. The smallest absolute Gasteiger partial charge is 0.342 e. The summed E-state index contributed by atoms with van der Waals surface area (Å²) >= 11 is 0. The topological polar surface area (TPSA) is 82.2 Å². The van der Waals surface area contributed by atoms with Crippen LogP contribution in [-0.2, 0) is 15.8 Å². The summed E-state index contributed by atoms with van der Waals surface area (Å²) in [5.74, 6) is 1.50. The van der Waals surface area contributed by atoms with Crippen LogP contribution in [0.1, 0.15) is 61.2 Å². The molecule has 2 aromatic rings. The number of nitrogens with one attached hydrogen (secondary N) is 1. The fraction of sp³-hybridized carbons (Fsp3) is 0.545. The summed E-state index contributed by atoms with van der Waals surface area (Å²) in [6.45, 7) is 1.24. The molecule has 0 radical (unpaired) electrons. The minimum atomic E-state index is -4.48. The van der Waals surface area contributed by atoms with Crippen molar-refractivity contribution in [2.75, 3.05) is 24.5 Å². The number of alkyl halides is 3. The number of aromatic nitrogens is 3. The van der Waals surface area contributed by atoms with Crippen LogP contribution >= 0.6 is 0 Å². The van der Waals surface area contributed by atoms with Crippen LogP contribution in [0, 0.1) is 5.92 Å². The van der Waals surface area contributed by atoms with Crippen molar-refractivity contribution < 1.29 is 22.8 Å². The second-order valence-corrected chi connectivity index (χ2v) is 8.91. The van der Waals surface area contributed by atoms with Crippen molar-refractivity contribution in [3.05, 3.63) is 41.5 Å². The first-order valence-electron chi connectivity index (χ1n) is 11.0. The molecule has 1 N–H and O–H groups in total. The molecule has 2 saturated heterocycles. The lowest BCUT2D eigenvalue weighted by molar-refractivity contribution is -0.138. The second-order valence-electron chi connectivity index (χ2n) is 8.91. The van der Waals surface area contributed by atoms with Crippen LogP contribution < -0.4 is 4.90 Å². The predicted molar refractivity (Wildman–Crippen MR) is 109 cm³/mol. The van der Waals surface area contributed by atoms with E-state index in [1.807, 2.05) is 0 Å². The monoisotopic (exact) mass is 447 g/mol. The molecule has 0 spiro atoms. The van der Waals surface area contributed by atoms with Crippen LogP contribution in [0.5, 0.6) is 0 Å².